The molecule has 2 aliphatic carbocycles. The lowest BCUT2D eigenvalue weighted by atomic mass is 9.65. The van der Waals surface area contributed by atoms with Gasteiger partial charge in [0, 0.05) is 29.8 Å². The van der Waals surface area contributed by atoms with Crippen molar-refractivity contribution < 1.29 is 22.8 Å². The van der Waals surface area contributed by atoms with E-state index in [2.05, 4.69) is 0 Å². The van der Waals surface area contributed by atoms with E-state index in [0.29, 0.717) is 32.4 Å². The van der Waals surface area contributed by atoms with Gasteiger partial charge in [0.1, 0.15) is 0 Å². The zero-order valence-electron chi connectivity index (χ0n) is 15.4. The summed E-state index contributed by atoms with van der Waals surface area (Å²) in [5, 5.41) is 0. The molecule has 3 aliphatic rings. The van der Waals surface area contributed by atoms with Gasteiger partial charge in [-0.1, -0.05) is 13.8 Å². The molecule has 0 unspecified atom stereocenters. The highest BCUT2D eigenvalue weighted by atomic mass is 19.4. The van der Waals surface area contributed by atoms with Crippen molar-refractivity contribution in [3.8, 4) is 0 Å². The van der Waals surface area contributed by atoms with Crippen molar-refractivity contribution in [2.45, 2.75) is 58.5 Å². The SMILES string of the molecule is CC1(C)C[C@]2(C=C(N)C1=O)CCN(C(=O)C1CCC(C(F)(F)F)CC1)C2. The van der Waals surface area contributed by atoms with Gasteiger partial charge in [0.2, 0.25) is 5.91 Å². The minimum absolute atomic E-state index is 0.0350. The van der Waals surface area contributed by atoms with Crippen molar-refractivity contribution in [2.24, 2.45) is 28.4 Å². The number of nitrogens with zero attached hydrogens (tertiary/aromatic N) is 1. The maximum absolute atomic E-state index is 12.8. The molecule has 7 heteroatoms. The van der Waals surface area contributed by atoms with Crippen molar-refractivity contribution >= 4 is 11.7 Å². The van der Waals surface area contributed by atoms with Crippen LogP contribution in [0, 0.1) is 22.7 Å². The first-order valence-corrected chi connectivity index (χ1v) is 9.32. The molecule has 2 fully saturated rings. The second-order valence-electron chi connectivity index (χ2n) is 8.95. The Bertz CT molecular complexity index is 633. The molecular weight excluding hydrogens is 345 g/mol. The van der Waals surface area contributed by atoms with Crippen molar-refractivity contribution in [3.05, 3.63) is 11.8 Å². The molecule has 0 aromatic carbocycles. The first-order chi connectivity index (χ1) is 11.9. The van der Waals surface area contributed by atoms with E-state index in [1.54, 1.807) is 4.90 Å². The molecule has 1 amide bonds. The van der Waals surface area contributed by atoms with E-state index >= 15 is 0 Å². The summed E-state index contributed by atoms with van der Waals surface area (Å²) in [5.74, 6) is -1.68. The molecular formula is C19H27F3N2O2. The first kappa shape index (κ1) is 19.2. The Kier molecular flexibility index (Phi) is 4.64. The molecule has 1 saturated carbocycles. The van der Waals surface area contributed by atoms with E-state index < -0.39 is 17.5 Å². The number of Topliss-reactive ketones (excluding diaryl/α,β-unsaturated/α-hetero) is 1. The van der Waals surface area contributed by atoms with Crippen LogP contribution in [0.15, 0.2) is 11.8 Å². The van der Waals surface area contributed by atoms with Crippen molar-refractivity contribution in [1.82, 2.24) is 4.90 Å². The van der Waals surface area contributed by atoms with Crippen LogP contribution >= 0.6 is 0 Å². The predicted molar refractivity (Wildman–Crippen MR) is 90.8 cm³/mol. The molecule has 146 valence electrons. The number of halogens is 3. The zero-order chi connectivity index (χ0) is 19.3. The molecule has 26 heavy (non-hydrogen) atoms. The number of hydrogen-bond donors (Lipinski definition) is 1. The molecule has 2 N–H and O–H groups in total. The first-order valence-electron chi connectivity index (χ1n) is 9.32. The molecule has 1 spiro atoms. The number of amides is 1. The monoisotopic (exact) mass is 372 g/mol. The summed E-state index contributed by atoms with van der Waals surface area (Å²) in [7, 11) is 0. The van der Waals surface area contributed by atoms with Crippen molar-refractivity contribution in [1.29, 1.82) is 0 Å². The average Bonchev–Trinajstić information content (AvgIpc) is 2.94. The smallest absolute Gasteiger partial charge is 0.391 e. The van der Waals surface area contributed by atoms with Gasteiger partial charge >= 0.3 is 6.18 Å². The van der Waals surface area contributed by atoms with Crippen LogP contribution < -0.4 is 5.73 Å². The van der Waals surface area contributed by atoms with Crippen molar-refractivity contribution in [3.63, 3.8) is 0 Å². The van der Waals surface area contributed by atoms with Gasteiger partial charge in [0.05, 0.1) is 11.6 Å². The van der Waals surface area contributed by atoms with Crippen LogP contribution in [0.5, 0.6) is 0 Å². The Morgan fingerprint density at radius 1 is 1.23 bits per heavy atom. The lowest BCUT2D eigenvalue weighted by molar-refractivity contribution is -0.185. The Balaban J connectivity index is 1.65. The fourth-order valence-electron chi connectivity index (χ4n) is 5.07. The molecule has 4 nitrogen and oxygen atoms in total. The summed E-state index contributed by atoms with van der Waals surface area (Å²) in [6.45, 7) is 4.83. The van der Waals surface area contributed by atoms with Gasteiger partial charge in [0.15, 0.2) is 5.78 Å². The number of allylic oxidation sites excluding steroid dienone is 1. The Hall–Kier alpha value is -1.53. The van der Waals surface area contributed by atoms with Gasteiger partial charge in [-0.2, -0.15) is 13.2 Å². The predicted octanol–water partition coefficient (Wildman–Crippen LogP) is 3.42. The number of ketones is 1. The topological polar surface area (TPSA) is 63.4 Å². The standard InChI is InChI=1S/C19H27F3N2O2/c1-17(2)10-18(9-14(23)15(17)25)7-8-24(11-18)16(26)12-3-5-13(6-4-12)19(20,21)22/h9,12-13H,3-8,10-11,23H2,1-2H3/t12?,13?,18-/m1/s1. The van der Waals surface area contributed by atoms with E-state index in [0.717, 1.165) is 6.42 Å². The molecule has 3 rings (SSSR count). The Morgan fingerprint density at radius 3 is 2.38 bits per heavy atom. The Labute approximate surface area is 152 Å². The van der Waals surface area contributed by atoms with E-state index in [4.69, 9.17) is 5.73 Å². The molecule has 1 heterocycles. The van der Waals surface area contributed by atoms with Crippen LogP contribution in [-0.4, -0.2) is 35.9 Å². The minimum atomic E-state index is -4.16. The summed E-state index contributed by atoms with van der Waals surface area (Å²) in [6, 6.07) is 0. The maximum Gasteiger partial charge on any atom is 0.391 e. The third-order valence-electron chi connectivity index (χ3n) is 6.37. The second-order valence-corrected chi connectivity index (χ2v) is 8.95. The number of likely N-dealkylation sites (tertiary alicyclic amines) is 1. The van der Waals surface area contributed by atoms with Gasteiger partial charge in [-0.15, -0.1) is 0 Å². The van der Waals surface area contributed by atoms with Crippen molar-refractivity contribution in [2.75, 3.05) is 13.1 Å². The summed E-state index contributed by atoms with van der Waals surface area (Å²) < 4.78 is 38.4. The third kappa shape index (κ3) is 3.49. The second kappa shape index (κ2) is 6.27. The quantitative estimate of drug-likeness (QED) is 0.767. The third-order valence-corrected chi connectivity index (χ3v) is 6.37. The lowest BCUT2D eigenvalue weighted by Crippen LogP contribution is -2.43. The van der Waals surface area contributed by atoms with E-state index in [-0.39, 0.29) is 41.6 Å². The van der Waals surface area contributed by atoms with Crippen LogP contribution in [0.2, 0.25) is 0 Å². The highest BCUT2D eigenvalue weighted by Gasteiger charge is 2.49. The highest BCUT2D eigenvalue weighted by Crippen LogP contribution is 2.48. The number of carbonyl (C=O) groups is 2. The molecule has 0 aromatic rings. The zero-order valence-corrected chi connectivity index (χ0v) is 15.4. The van der Waals surface area contributed by atoms with Crippen LogP contribution in [0.3, 0.4) is 0 Å². The normalized spacial score (nSPS) is 34.9. The van der Waals surface area contributed by atoms with Crippen LogP contribution in [0.25, 0.3) is 0 Å². The molecule has 1 aliphatic heterocycles. The molecule has 1 saturated heterocycles. The Morgan fingerprint density at radius 2 is 1.85 bits per heavy atom. The molecule has 1 atom stereocenters. The minimum Gasteiger partial charge on any atom is -0.396 e. The van der Waals surface area contributed by atoms with Gasteiger partial charge in [-0.3, -0.25) is 9.59 Å². The van der Waals surface area contributed by atoms with Crippen LogP contribution in [0.1, 0.15) is 52.4 Å². The summed E-state index contributed by atoms with van der Waals surface area (Å²) in [4.78, 5) is 26.8. The van der Waals surface area contributed by atoms with Gasteiger partial charge in [0.25, 0.3) is 0 Å². The van der Waals surface area contributed by atoms with Gasteiger partial charge < -0.3 is 10.6 Å². The fraction of sp³-hybridized carbons (Fsp3) is 0.789. The average molecular weight is 372 g/mol. The maximum atomic E-state index is 12.8. The number of carbonyl (C=O) groups excluding carboxylic acids is 2. The molecule has 0 radical (unpaired) electrons. The summed E-state index contributed by atoms with van der Waals surface area (Å²) in [5.41, 5.74) is 5.35. The molecule has 0 aromatic heterocycles. The van der Waals surface area contributed by atoms with Gasteiger partial charge in [-0.05, 0) is 44.6 Å². The summed E-state index contributed by atoms with van der Waals surface area (Å²) in [6.07, 6.45) is -0.287. The number of alkyl halides is 3. The van der Waals surface area contributed by atoms with E-state index in [1.165, 1.54) is 0 Å². The number of rotatable bonds is 1. The number of hydrogen-bond acceptors (Lipinski definition) is 3. The van der Waals surface area contributed by atoms with Crippen LogP contribution in [0.4, 0.5) is 13.2 Å². The highest BCUT2D eigenvalue weighted by molar-refractivity contribution is 5.99. The molecule has 0 bridgehead atoms. The van der Waals surface area contributed by atoms with Gasteiger partial charge in [-0.25, -0.2) is 0 Å². The number of nitrogens with two attached hydrogens (primary N) is 1. The van der Waals surface area contributed by atoms with Crippen LogP contribution in [-0.2, 0) is 9.59 Å². The fourth-order valence-corrected chi connectivity index (χ4v) is 5.07. The summed E-state index contributed by atoms with van der Waals surface area (Å²) >= 11 is 0. The largest absolute Gasteiger partial charge is 0.396 e. The van der Waals surface area contributed by atoms with E-state index in [9.17, 15) is 22.8 Å². The van der Waals surface area contributed by atoms with E-state index in [1.807, 2.05) is 19.9 Å². The lowest BCUT2D eigenvalue weighted by Gasteiger charge is -2.39.